The van der Waals surface area contributed by atoms with Crippen molar-refractivity contribution in [1.29, 1.82) is 0 Å². The summed E-state index contributed by atoms with van der Waals surface area (Å²) in [5, 5.41) is 5.65. The van der Waals surface area contributed by atoms with Crippen LogP contribution in [0.1, 0.15) is 23.9 Å². The van der Waals surface area contributed by atoms with Crippen molar-refractivity contribution in [2.75, 3.05) is 5.75 Å². The maximum Gasteiger partial charge on any atom is 0.318 e. The summed E-state index contributed by atoms with van der Waals surface area (Å²) in [6, 6.07) is -0.990. The predicted molar refractivity (Wildman–Crippen MR) is 75.4 cm³/mol. The Morgan fingerprint density at radius 2 is 2.10 bits per heavy atom. The standard InChI is InChI=1S/C12H17N3O5S/c1-6-9(7(2)20-15-6)4-21-5-10(16)19-8(3)11(17)14-12(13)18/h8H,4-5H2,1-3H3,(H3,13,14,17,18)/t8-/m0/s1. The van der Waals surface area contributed by atoms with E-state index in [0.717, 1.165) is 11.3 Å². The van der Waals surface area contributed by atoms with Gasteiger partial charge in [-0.2, -0.15) is 0 Å². The number of aryl methyl sites for hydroxylation is 2. The molecule has 0 spiro atoms. The van der Waals surface area contributed by atoms with Crippen LogP contribution in [0.3, 0.4) is 0 Å². The van der Waals surface area contributed by atoms with Crippen molar-refractivity contribution < 1.29 is 23.6 Å². The van der Waals surface area contributed by atoms with Gasteiger partial charge in [-0.05, 0) is 20.8 Å². The molecule has 0 aliphatic heterocycles. The molecule has 21 heavy (non-hydrogen) atoms. The first kappa shape index (κ1) is 17.0. The van der Waals surface area contributed by atoms with Gasteiger partial charge in [0.1, 0.15) is 5.76 Å². The maximum atomic E-state index is 11.6. The minimum Gasteiger partial charge on any atom is -0.452 e. The van der Waals surface area contributed by atoms with Crippen LogP contribution >= 0.6 is 11.8 Å². The Hall–Kier alpha value is -2.03. The molecule has 116 valence electrons. The Kier molecular flexibility index (Phi) is 6.22. The van der Waals surface area contributed by atoms with Crippen LogP contribution in [-0.2, 0) is 20.1 Å². The first-order valence-electron chi connectivity index (χ1n) is 6.10. The molecule has 0 aliphatic carbocycles. The van der Waals surface area contributed by atoms with Gasteiger partial charge in [-0.3, -0.25) is 14.9 Å². The van der Waals surface area contributed by atoms with Gasteiger partial charge < -0.3 is 15.0 Å². The second-order valence-corrected chi connectivity index (χ2v) is 5.27. The third-order valence-corrected chi connectivity index (χ3v) is 3.50. The highest BCUT2D eigenvalue weighted by atomic mass is 32.2. The third kappa shape index (κ3) is 5.46. The number of nitrogens with zero attached hydrogens (tertiary/aromatic N) is 1. The molecule has 1 atom stereocenters. The van der Waals surface area contributed by atoms with E-state index in [1.165, 1.54) is 18.7 Å². The number of esters is 1. The second kappa shape index (κ2) is 7.67. The Bertz CT molecular complexity index is 523. The summed E-state index contributed by atoms with van der Waals surface area (Å²) in [4.78, 5) is 33.4. The Labute approximate surface area is 125 Å². The number of amides is 3. The average molecular weight is 315 g/mol. The van der Waals surface area contributed by atoms with Gasteiger partial charge in [0.25, 0.3) is 5.91 Å². The number of nitrogens with two attached hydrogens (primary N) is 1. The van der Waals surface area contributed by atoms with Crippen molar-refractivity contribution >= 4 is 29.7 Å². The van der Waals surface area contributed by atoms with Gasteiger partial charge in [0, 0.05) is 11.3 Å². The van der Waals surface area contributed by atoms with E-state index in [1.807, 2.05) is 12.2 Å². The van der Waals surface area contributed by atoms with Gasteiger partial charge in [0.05, 0.1) is 11.4 Å². The lowest BCUT2D eigenvalue weighted by molar-refractivity contribution is -0.151. The second-order valence-electron chi connectivity index (χ2n) is 4.28. The number of aromatic nitrogens is 1. The summed E-state index contributed by atoms with van der Waals surface area (Å²) in [5.41, 5.74) is 6.51. The van der Waals surface area contributed by atoms with Crippen molar-refractivity contribution in [3.05, 3.63) is 17.0 Å². The Balaban J connectivity index is 2.34. The van der Waals surface area contributed by atoms with Gasteiger partial charge in [-0.15, -0.1) is 11.8 Å². The monoisotopic (exact) mass is 315 g/mol. The highest BCUT2D eigenvalue weighted by molar-refractivity contribution is 7.99. The van der Waals surface area contributed by atoms with E-state index in [2.05, 4.69) is 5.16 Å². The number of primary amides is 1. The first-order chi connectivity index (χ1) is 9.81. The smallest absolute Gasteiger partial charge is 0.318 e. The molecule has 1 heterocycles. The van der Waals surface area contributed by atoms with Crippen molar-refractivity contribution in [2.45, 2.75) is 32.6 Å². The molecule has 0 bridgehead atoms. The average Bonchev–Trinajstić information content (AvgIpc) is 2.69. The van der Waals surface area contributed by atoms with Crippen molar-refractivity contribution in [2.24, 2.45) is 5.73 Å². The molecule has 9 heteroatoms. The van der Waals surface area contributed by atoms with Gasteiger partial charge in [0.2, 0.25) is 0 Å². The summed E-state index contributed by atoms with van der Waals surface area (Å²) in [6.07, 6.45) is -1.08. The van der Waals surface area contributed by atoms with Gasteiger partial charge >= 0.3 is 12.0 Å². The number of hydrogen-bond acceptors (Lipinski definition) is 7. The largest absolute Gasteiger partial charge is 0.452 e. The van der Waals surface area contributed by atoms with Gasteiger partial charge in [0.15, 0.2) is 6.10 Å². The van der Waals surface area contributed by atoms with Crippen LogP contribution in [0.2, 0.25) is 0 Å². The molecule has 0 saturated heterocycles. The molecule has 0 unspecified atom stereocenters. The Morgan fingerprint density at radius 3 is 2.62 bits per heavy atom. The molecule has 0 saturated carbocycles. The zero-order valence-electron chi connectivity index (χ0n) is 12.0. The minimum absolute atomic E-state index is 0.0677. The number of imide groups is 1. The van der Waals surface area contributed by atoms with Crippen LogP contribution in [0.15, 0.2) is 4.52 Å². The van der Waals surface area contributed by atoms with E-state index in [9.17, 15) is 14.4 Å². The molecule has 0 fully saturated rings. The fourth-order valence-electron chi connectivity index (χ4n) is 1.45. The zero-order valence-corrected chi connectivity index (χ0v) is 12.8. The first-order valence-corrected chi connectivity index (χ1v) is 7.26. The number of urea groups is 1. The van der Waals surface area contributed by atoms with E-state index < -0.39 is 24.0 Å². The predicted octanol–water partition coefficient (Wildman–Crippen LogP) is 0.651. The van der Waals surface area contributed by atoms with E-state index in [-0.39, 0.29) is 5.75 Å². The summed E-state index contributed by atoms with van der Waals surface area (Å²) in [6.45, 7) is 4.97. The molecule has 3 amide bonds. The van der Waals surface area contributed by atoms with Crippen molar-refractivity contribution in [3.8, 4) is 0 Å². The molecule has 0 aliphatic rings. The number of nitrogens with one attached hydrogen (secondary N) is 1. The number of ether oxygens (including phenoxy) is 1. The van der Waals surface area contributed by atoms with Gasteiger partial charge in [-0.1, -0.05) is 5.16 Å². The molecule has 1 rings (SSSR count). The minimum atomic E-state index is -1.08. The highest BCUT2D eigenvalue weighted by Gasteiger charge is 2.19. The van der Waals surface area contributed by atoms with Crippen LogP contribution in [0, 0.1) is 13.8 Å². The normalized spacial score (nSPS) is 11.8. The van der Waals surface area contributed by atoms with Crippen LogP contribution in [0.4, 0.5) is 4.79 Å². The van der Waals surface area contributed by atoms with Crippen molar-refractivity contribution in [3.63, 3.8) is 0 Å². The SMILES string of the molecule is Cc1noc(C)c1CSCC(=O)O[C@@H](C)C(=O)NC(N)=O. The highest BCUT2D eigenvalue weighted by Crippen LogP contribution is 2.19. The summed E-state index contributed by atoms with van der Waals surface area (Å²) in [7, 11) is 0. The van der Waals surface area contributed by atoms with Crippen LogP contribution in [0.5, 0.6) is 0 Å². The number of hydrogen-bond donors (Lipinski definition) is 2. The molecular formula is C12H17N3O5S. The number of rotatable bonds is 6. The lowest BCUT2D eigenvalue weighted by Gasteiger charge is -2.11. The van der Waals surface area contributed by atoms with Gasteiger partial charge in [-0.25, -0.2) is 4.79 Å². The molecule has 1 aromatic rings. The van der Waals surface area contributed by atoms with Crippen LogP contribution in [-0.4, -0.2) is 34.9 Å². The molecule has 0 aromatic carbocycles. The molecule has 8 nitrogen and oxygen atoms in total. The Morgan fingerprint density at radius 1 is 1.43 bits per heavy atom. The van der Waals surface area contributed by atoms with E-state index in [0.29, 0.717) is 11.5 Å². The van der Waals surface area contributed by atoms with Crippen LogP contribution < -0.4 is 11.1 Å². The van der Waals surface area contributed by atoms with Crippen LogP contribution in [0.25, 0.3) is 0 Å². The van der Waals surface area contributed by atoms with E-state index in [4.69, 9.17) is 15.0 Å². The summed E-state index contributed by atoms with van der Waals surface area (Å²) in [5.74, 6) is 0.0177. The molecule has 3 N–H and O–H groups in total. The molecule has 1 aromatic heterocycles. The molecule has 0 radical (unpaired) electrons. The number of carbonyl (C=O) groups excluding carboxylic acids is 3. The zero-order chi connectivity index (χ0) is 16.0. The van der Waals surface area contributed by atoms with Crippen molar-refractivity contribution in [1.82, 2.24) is 10.5 Å². The lowest BCUT2D eigenvalue weighted by atomic mass is 10.2. The lowest BCUT2D eigenvalue weighted by Crippen LogP contribution is -2.42. The fraction of sp³-hybridized carbons (Fsp3) is 0.500. The quantitative estimate of drug-likeness (QED) is 0.738. The maximum absolute atomic E-state index is 11.6. The third-order valence-electron chi connectivity index (χ3n) is 2.57. The fourth-order valence-corrected chi connectivity index (χ4v) is 2.41. The number of carbonyl (C=O) groups is 3. The summed E-state index contributed by atoms with van der Waals surface area (Å²) >= 11 is 1.32. The summed E-state index contributed by atoms with van der Waals surface area (Å²) < 4.78 is 9.88. The number of thioether (sulfide) groups is 1. The van der Waals surface area contributed by atoms with E-state index >= 15 is 0 Å². The topological polar surface area (TPSA) is 125 Å². The van der Waals surface area contributed by atoms with E-state index in [1.54, 1.807) is 6.92 Å². The molecular weight excluding hydrogens is 298 g/mol.